The molecule has 0 radical (unpaired) electrons. The zero-order valence-electron chi connectivity index (χ0n) is 29.2. The second-order valence-corrected chi connectivity index (χ2v) is 14.0. The van der Waals surface area contributed by atoms with Crippen LogP contribution in [0.1, 0.15) is 105 Å². The lowest BCUT2D eigenvalue weighted by atomic mass is 9.55. The minimum absolute atomic E-state index is 0.0763. The van der Waals surface area contributed by atoms with Gasteiger partial charge in [0.2, 0.25) is 0 Å². The fraction of sp³-hybridized carbons (Fsp3) is 0.750. The molecule has 0 saturated heterocycles. The van der Waals surface area contributed by atoms with Crippen LogP contribution in [-0.2, 0) is 36.8 Å². The molecule has 47 heavy (non-hydrogen) atoms. The molecule has 3 aliphatic rings. The van der Waals surface area contributed by atoms with Gasteiger partial charge in [0, 0.05) is 30.4 Å². The summed E-state index contributed by atoms with van der Waals surface area (Å²) in [7, 11) is -9.34. The van der Waals surface area contributed by atoms with Gasteiger partial charge < -0.3 is 18.7 Å². The maximum absolute atomic E-state index is 12.5. The number of hydrogen-bond donors (Lipinski definition) is 3. The largest absolute Gasteiger partial charge is 0.446 e. The highest BCUT2D eigenvalue weighted by molar-refractivity contribution is 7.81. The van der Waals surface area contributed by atoms with E-state index in [1.165, 1.54) is 52.3 Å². The lowest BCUT2D eigenvalue weighted by molar-refractivity contribution is -0.132. The number of esters is 1. The Kier molecular flexibility index (Phi) is 17.5. The topological polar surface area (TPSA) is 188 Å². The molecule has 0 heterocycles. The first kappa shape index (κ1) is 42.9. The Balaban J connectivity index is 0.000000476. The third-order valence-electron chi connectivity index (χ3n) is 9.60. The van der Waals surface area contributed by atoms with Crippen LogP contribution in [0.5, 0.6) is 11.5 Å². The Hall–Kier alpha value is -2.14. The molecule has 15 heteroatoms. The average Bonchev–Trinajstić information content (AvgIpc) is 3.27. The molecule has 3 N–H and O–H groups in total. The Morgan fingerprint density at radius 2 is 1.34 bits per heavy atom. The predicted octanol–water partition coefficient (Wildman–Crippen LogP) is 5.26. The van der Waals surface area contributed by atoms with Gasteiger partial charge in [0.05, 0.1) is 0 Å². The lowest BCUT2D eigenvalue weighted by Gasteiger charge is -2.48. The van der Waals surface area contributed by atoms with Crippen molar-refractivity contribution in [3.63, 3.8) is 0 Å². The van der Waals surface area contributed by atoms with E-state index in [4.69, 9.17) is 26.8 Å². The molecule has 4 atom stereocenters. The highest BCUT2D eigenvalue weighted by Gasteiger charge is 2.55. The lowest BCUT2D eigenvalue weighted by Crippen LogP contribution is -2.42. The minimum atomic E-state index is -4.68. The number of nitrogens with zero attached hydrogens (tertiary/aromatic N) is 2. The second-order valence-electron chi connectivity index (χ2n) is 12.1. The third kappa shape index (κ3) is 13.7. The van der Waals surface area contributed by atoms with Gasteiger partial charge >= 0.3 is 26.8 Å². The summed E-state index contributed by atoms with van der Waals surface area (Å²) in [5.41, 5.74) is 1.52. The summed E-state index contributed by atoms with van der Waals surface area (Å²) in [6, 6.07) is 2.95. The van der Waals surface area contributed by atoms with Crippen LogP contribution in [-0.4, -0.2) is 91.3 Å². The van der Waals surface area contributed by atoms with Gasteiger partial charge in [-0.3, -0.25) is 23.2 Å². The smallest absolute Gasteiger partial charge is 0.426 e. The fourth-order valence-electron chi connectivity index (χ4n) is 7.18. The normalized spacial score (nSPS) is 23.1. The molecule has 3 aliphatic carbocycles. The van der Waals surface area contributed by atoms with Gasteiger partial charge in [-0.25, -0.2) is 0 Å². The van der Waals surface area contributed by atoms with Crippen LogP contribution in [0.3, 0.4) is 0 Å². The van der Waals surface area contributed by atoms with Crippen LogP contribution < -0.4 is 8.92 Å². The SMILES string of the molecule is CC(=O)Oc1cc(OS(=O)(=O)O)cc2c1[C@H]1CC[C@]3(C)C(=O)CC[C@H]3[C@@H]1CC2.CCN(CC)CC.CCN(CC)CC.O=S(=O)(O)O. The predicted molar refractivity (Wildman–Crippen MR) is 181 cm³/mol. The van der Waals surface area contributed by atoms with Crippen molar-refractivity contribution in [2.75, 3.05) is 39.3 Å². The van der Waals surface area contributed by atoms with Gasteiger partial charge in [-0.2, -0.15) is 16.8 Å². The van der Waals surface area contributed by atoms with E-state index >= 15 is 0 Å². The van der Waals surface area contributed by atoms with E-state index in [1.807, 2.05) is 0 Å². The Morgan fingerprint density at radius 1 is 0.851 bits per heavy atom. The Labute approximate surface area is 281 Å². The minimum Gasteiger partial charge on any atom is -0.426 e. The maximum atomic E-state index is 12.5. The molecule has 1 aromatic rings. The molecule has 1 aromatic carbocycles. The fourth-order valence-corrected chi connectivity index (χ4v) is 7.52. The van der Waals surface area contributed by atoms with Gasteiger partial charge in [0.25, 0.3) is 0 Å². The Bertz CT molecular complexity index is 1350. The standard InChI is InChI=1S/C20H24O7S.2C6H15N.H2O4S/c1-11(21)26-17-10-13(27-28(23,24)25)9-12-3-4-14-15(19(12)17)7-8-20(2)16(14)5-6-18(20)22;2*1-4-7(5-2)6-3;1-5(2,3)4/h9-10,14-16H,3-8H2,1-2H3,(H,23,24,25);2*4-6H2,1-3H3;(H2,1,2,3,4)/t14-,15+,16+,20+;;;/m1.../s1. The van der Waals surface area contributed by atoms with Crippen molar-refractivity contribution in [2.24, 2.45) is 17.3 Å². The molecule has 4 rings (SSSR count). The molecule has 0 aliphatic heterocycles. The first-order valence-electron chi connectivity index (χ1n) is 16.5. The van der Waals surface area contributed by atoms with E-state index in [9.17, 15) is 18.0 Å². The van der Waals surface area contributed by atoms with E-state index in [2.05, 4.69) is 62.4 Å². The zero-order chi connectivity index (χ0) is 36.2. The number of hydrogen-bond acceptors (Lipinski definition) is 10. The van der Waals surface area contributed by atoms with Crippen LogP contribution in [0.25, 0.3) is 0 Å². The van der Waals surface area contributed by atoms with Gasteiger partial charge in [-0.05, 0) is 101 Å². The summed E-state index contributed by atoms with van der Waals surface area (Å²) in [4.78, 5) is 28.9. The number of carbonyl (C=O) groups excluding carboxylic acids is 2. The molecule has 0 unspecified atom stereocenters. The van der Waals surface area contributed by atoms with E-state index < -0.39 is 26.8 Å². The van der Waals surface area contributed by atoms with Gasteiger partial charge in [0.15, 0.2) is 0 Å². The zero-order valence-corrected chi connectivity index (χ0v) is 30.8. The van der Waals surface area contributed by atoms with Gasteiger partial charge in [-0.15, -0.1) is 0 Å². The summed E-state index contributed by atoms with van der Waals surface area (Å²) >= 11 is 0. The van der Waals surface area contributed by atoms with Crippen LogP contribution in [0.2, 0.25) is 0 Å². The van der Waals surface area contributed by atoms with Crippen LogP contribution in [0, 0.1) is 17.3 Å². The second kappa shape index (κ2) is 19.2. The molecular formula is C32H56N2O11S2. The summed E-state index contributed by atoms with van der Waals surface area (Å²) < 4.78 is 72.8. The van der Waals surface area contributed by atoms with Crippen molar-refractivity contribution in [1.29, 1.82) is 0 Å². The number of Topliss-reactive ketones (excluding diaryl/α,β-unsaturated/α-hetero) is 1. The molecule has 2 fully saturated rings. The summed E-state index contributed by atoms with van der Waals surface area (Å²) in [5, 5.41) is 0. The van der Waals surface area contributed by atoms with Crippen LogP contribution in [0.15, 0.2) is 12.1 Å². The molecule has 272 valence electrons. The van der Waals surface area contributed by atoms with E-state index in [0.717, 1.165) is 36.8 Å². The highest BCUT2D eigenvalue weighted by atomic mass is 32.3. The summed E-state index contributed by atoms with van der Waals surface area (Å²) in [6.07, 6.45) is 4.73. The monoisotopic (exact) mass is 708 g/mol. The number of ketones is 1. The number of ether oxygens (including phenoxy) is 1. The Morgan fingerprint density at radius 3 is 1.74 bits per heavy atom. The van der Waals surface area contributed by atoms with Crippen molar-refractivity contribution >= 4 is 32.6 Å². The quantitative estimate of drug-likeness (QED) is 0.171. The van der Waals surface area contributed by atoms with Gasteiger partial charge in [0.1, 0.15) is 17.3 Å². The number of carbonyl (C=O) groups is 2. The summed E-state index contributed by atoms with van der Waals surface area (Å²) in [6.45, 7) is 23.6. The molecule has 13 nitrogen and oxygen atoms in total. The van der Waals surface area contributed by atoms with Crippen LogP contribution in [0.4, 0.5) is 0 Å². The van der Waals surface area contributed by atoms with Crippen molar-refractivity contribution in [2.45, 2.75) is 99.8 Å². The molecule has 2 saturated carbocycles. The average molecular weight is 709 g/mol. The van der Waals surface area contributed by atoms with E-state index in [1.54, 1.807) is 6.07 Å². The third-order valence-corrected chi connectivity index (χ3v) is 10.0. The van der Waals surface area contributed by atoms with Crippen molar-refractivity contribution < 1.29 is 49.0 Å². The number of benzene rings is 1. The molecule has 0 aromatic heterocycles. The highest BCUT2D eigenvalue weighted by Crippen LogP contribution is 2.60. The number of fused-ring (bicyclic) bond motifs is 5. The summed E-state index contributed by atoms with van der Waals surface area (Å²) in [5.74, 6) is 0.871. The molecule has 0 bridgehead atoms. The van der Waals surface area contributed by atoms with E-state index in [-0.39, 0.29) is 22.8 Å². The molecular weight excluding hydrogens is 652 g/mol. The maximum Gasteiger partial charge on any atom is 0.446 e. The van der Waals surface area contributed by atoms with Crippen molar-refractivity contribution in [3.8, 4) is 11.5 Å². The van der Waals surface area contributed by atoms with E-state index in [0.29, 0.717) is 30.5 Å². The van der Waals surface area contributed by atoms with Crippen LogP contribution >= 0.6 is 0 Å². The first-order chi connectivity index (χ1) is 21.8. The van der Waals surface area contributed by atoms with Crippen molar-refractivity contribution in [3.05, 3.63) is 23.3 Å². The number of rotatable bonds is 9. The van der Waals surface area contributed by atoms with Gasteiger partial charge in [-0.1, -0.05) is 48.5 Å². The first-order valence-corrected chi connectivity index (χ1v) is 19.2. The molecule has 0 spiro atoms. The number of aryl methyl sites for hydroxylation is 1. The van der Waals surface area contributed by atoms with Crippen molar-refractivity contribution in [1.82, 2.24) is 9.80 Å². The molecule has 0 amide bonds.